The first-order valence-corrected chi connectivity index (χ1v) is 8.12. The van der Waals surface area contributed by atoms with Gasteiger partial charge in [0.15, 0.2) is 0 Å². The standard InChI is InChI=1S/C21H15NO6/c22-18-16(11-1-5-13(6-2-11)19(23)24)9-15(21(27)28)10-17(18)12-3-7-14(8-4-12)20(25)26/h1-10H,22H2,(H,23,24)(H,25,26)(H,27,28). The molecule has 0 radical (unpaired) electrons. The Morgan fingerprint density at radius 3 is 1.18 bits per heavy atom. The number of nitrogen functional groups attached to an aromatic ring is 1. The summed E-state index contributed by atoms with van der Waals surface area (Å²) in [5, 5.41) is 27.5. The molecule has 0 aliphatic heterocycles. The average Bonchev–Trinajstić information content (AvgIpc) is 2.68. The molecule has 0 saturated carbocycles. The van der Waals surface area contributed by atoms with Crippen molar-refractivity contribution in [1.29, 1.82) is 0 Å². The number of anilines is 1. The Bertz CT molecular complexity index is 1010. The van der Waals surface area contributed by atoms with Crippen LogP contribution in [0.15, 0.2) is 60.7 Å². The first-order valence-electron chi connectivity index (χ1n) is 8.12. The van der Waals surface area contributed by atoms with Crippen LogP contribution in [0, 0.1) is 0 Å². The summed E-state index contributed by atoms with van der Waals surface area (Å²) in [4.78, 5) is 33.6. The summed E-state index contributed by atoms with van der Waals surface area (Å²) in [7, 11) is 0. The van der Waals surface area contributed by atoms with Crippen LogP contribution < -0.4 is 5.73 Å². The van der Waals surface area contributed by atoms with Crippen LogP contribution in [-0.2, 0) is 0 Å². The van der Waals surface area contributed by atoms with Crippen molar-refractivity contribution in [2.24, 2.45) is 0 Å². The predicted octanol–water partition coefficient (Wildman–Crippen LogP) is 3.70. The van der Waals surface area contributed by atoms with E-state index in [0.29, 0.717) is 27.9 Å². The lowest BCUT2D eigenvalue weighted by Gasteiger charge is -2.14. The fraction of sp³-hybridized carbons (Fsp3) is 0. The first-order chi connectivity index (χ1) is 13.3. The highest BCUT2D eigenvalue weighted by Crippen LogP contribution is 2.36. The van der Waals surface area contributed by atoms with Gasteiger partial charge in [0.1, 0.15) is 0 Å². The molecular weight excluding hydrogens is 362 g/mol. The van der Waals surface area contributed by atoms with Crippen LogP contribution in [0.4, 0.5) is 5.69 Å². The minimum absolute atomic E-state index is 0.00354. The fourth-order valence-corrected chi connectivity index (χ4v) is 2.84. The van der Waals surface area contributed by atoms with Crippen LogP contribution in [0.25, 0.3) is 22.3 Å². The van der Waals surface area contributed by atoms with E-state index in [4.69, 9.17) is 15.9 Å². The zero-order valence-corrected chi connectivity index (χ0v) is 14.4. The van der Waals surface area contributed by atoms with E-state index in [9.17, 15) is 19.5 Å². The van der Waals surface area contributed by atoms with Crippen molar-refractivity contribution < 1.29 is 29.7 Å². The van der Waals surface area contributed by atoms with Gasteiger partial charge < -0.3 is 21.1 Å². The number of carboxylic acid groups (broad SMARTS) is 3. The summed E-state index contributed by atoms with van der Waals surface area (Å²) in [5.41, 5.74) is 8.79. The van der Waals surface area contributed by atoms with Crippen molar-refractivity contribution in [3.05, 3.63) is 77.4 Å². The van der Waals surface area contributed by atoms with Crippen LogP contribution in [0.3, 0.4) is 0 Å². The van der Waals surface area contributed by atoms with Gasteiger partial charge in [0.2, 0.25) is 0 Å². The van der Waals surface area contributed by atoms with Gasteiger partial charge in [0, 0.05) is 16.8 Å². The third-order valence-corrected chi connectivity index (χ3v) is 4.31. The second-order valence-electron chi connectivity index (χ2n) is 6.06. The predicted molar refractivity (Wildman–Crippen MR) is 103 cm³/mol. The normalized spacial score (nSPS) is 10.4. The maximum atomic E-state index is 11.6. The maximum Gasteiger partial charge on any atom is 0.335 e. The van der Waals surface area contributed by atoms with Crippen LogP contribution >= 0.6 is 0 Å². The molecule has 3 rings (SSSR count). The molecule has 3 aromatic carbocycles. The molecule has 28 heavy (non-hydrogen) atoms. The van der Waals surface area contributed by atoms with E-state index in [-0.39, 0.29) is 16.7 Å². The molecule has 0 bridgehead atoms. The number of carboxylic acids is 3. The molecule has 0 saturated heterocycles. The molecule has 0 aliphatic carbocycles. The zero-order valence-electron chi connectivity index (χ0n) is 14.4. The van der Waals surface area contributed by atoms with E-state index in [1.54, 1.807) is 24.3 Å². The molecule has 3 aromatic rings. The number of hydrogen-bond acceptors (Lipinski definition) is 4. The first kappa shape index (κ1) is 18.7. The second kappa shape index (κ2) is 7.24. The topological polar surface area (TPSA) is 138 Å². The largest absolute Gasteiger partial charge is 0.478 e. The van der Waals surface area contributed by atoms with Gasteiger partial charge in [0.05, 0.1) is 16.7 Å². The van der Waals surface area contributed by atoms with Gasteiger partial charge in [0.25, 0.3) is 0 Å². The summed E-state index contributed by atoms with van der Waals surface area (Å²) in [6, 6.07) is 14.7. The van der Waals surface area contributed by atoms with Gasteiger partial charge in [-0.25, -0.2) is 14.4 Å². The third kappa shape index (κ3) is 3.54. The van der Waals surface area contributed by atoms with E-state index < -0.39 is 17.9 Å². The average molecular weight is 377 g/mol. The highest BCUT2D eigenvalue weighted by atomic mass is 16.4. The van der Waals surface area contributed by atoms with Crippen LogP contribution in [0.5, 0.6) is 0 Å². The number of aromatic carboxylic acids is 3. The summed E-state index contributed by atoms with van der Waals surface area (Å²) in [6.45, 7) is 0. The lowest BCUT2D eigenvalue weighted by atomic mass is 9.93. The van der Waals surface area contributed by atoms with Crippen LogP contribution in [-0.4, -0.2) is 33.2 Å². The molecule has 0 spiro atoms. The molecule has 7 nitrogen and oxygen atoms in total. The molecule has 0 aromatic heterocycles. The minimum atomic E-state index is -1.15. The fourth-order valence-electron chi connectivity index (χ4n) is 2.84. The van der Waals surface area contributed by atoms with Crippen molar-refractivity contribution in [2.45, 2.75) is 0 Å². The summed E-state index contributed by atoms with van der Waals surface area (Å²) >= 11 is 0. The van der Waals surface area contributed by atoms with Crippen molar-refractivity contribution in [2.75, 3.05) is 5.73 Å². The van der Waals surface area contributed by atoms with Gasteiger partial charge >= 0.3 is 17.9 Å². The van der Waals surface area contributed by atoms with Crippen LogP contribution in [0.1, 0.15) is 31.1 Å². The lowest BCUT2D eigenvalue weighted by molar-refractivity contribution is 0.0686. The van der Waals surface area contributed by atoms with Crippen molar-refractivity contribution in [3.8, 4) is 22.3 Å². The van der Waals surface area contributed by atoms with E-state index in [1.807, 2.05) is 0 Å². The van der Waals surface area contributed by atoms with Crippen molar-refractivity contribution >= 4 is 23.6 Å². The van der Waals surface area contributed by atoms with E-state index >= 15 is 0 Å². The van der Waals surface area contributed by atoms with Gasteiger partial charge in [-0.3, -0.25) is 0 Å². The zero-order chi connectivity index (χ0) is 20.4. The molecule has 0 amide bonds. The highest BCUT2D eigenvalue weighted by Gasteiger charge is 2.16. The van der Waals surface area contributed by atoms with Crippen LogP contribution in [0.2, 0.25) is 0 Å². The number of benzene rings is 3. The highest BCUT2D eigenvalue weighted by molar-refractivity contribution is 5.98. The van der Waals surface area contributed by atoms with Crippen molar-refractivity contribution in [3.63, 3.8) is 0 Å². The number of hydrogen-bond donors (Lipinski definition) is 4. The Hall–Kier alpha value is -4.13. The Morgan fingerprint density at radius 1 is 0.571 bits per heavy atom. The molecule has 0 aliphatic rings. The molecule has 0 heterocycles. The SMILES string of the molecule is Nc1c(-c2ccc(C(=O)O)cc2)cc(C(=O)O)cc1-c1ccc(C(=O)O)cc1. The van der Waals surface area contributed by atoms with Crippen molar-refractivity contribution in [1.82, 2.24) is 0 Å². The molecule has 0 fully saturated rings. The molecule has 5 N–H and O–H groups in total. The molecule has 0 atom stereocenters. The molecule has 0 unspecified atom stereocenters. The second-order valence-corrected chi connectivity index (χ2v) is 6.06. The Kier molecular flexibility index (Phi) is 4.82. The number of rotatable bonds is 5. The van der Waals surface area contributed by atoms with Gasteiger partial charge in [-0.1, -0.05) is 24.3 Å². The molecule has 140 valence electrons. The van der Waals surface area contributed by atoms with Gasteiger partial charge in [-0.15, -0.1) is 0 Å². The number of nitrogens with two attached hydrogens (primary N) is 1. The Balaban J connectivity index is 2.17. The Labute approximate surface area is 159 Å². The maximum absolute atomic E-state index is 11.6. The smallest absolute Gasteiger partial charge is 0.335 e. The van der Waals surface area contributed by atoms with E-state index in [2.05, 4.69) is 0 Å². The van der Waals surface area contributed by atoms with Gasteiger partial charge in [-0.2, -0.15) is 0 Å². The van der Waals surface area contributed by atoms with Gasteiger partial charge in [-0.05, 0) is 47.5 Å². The lowest BCUT2D eigenvalue weighted by Crippen LogP contribution is -2.02. The van der Waals surface area contributed by atoms with E-state index in [1.165, 1.54) is 36.4 Å². The number of carbonyl (C=O) groups is 3. The monoisotopic (exact) mass is 377 g/mol. The third-order valence-electron chi connectivity index (χ3n) is 4.31. The quantitative estimate of drug-likeness (QED) is 0.497. The Morgan fingerprint density at radius 2 is 0.893 bits per heavy atom. The summed E-state index contributed by atoms with van der Waals surface area (Å²) in [6.07, 6.45) is 0. The van der Waals surface area contributed by atoms with E-state index in [0.717, 1.165) is 0 Å². The summed E-state index contributed by atoms with van der Waals surface area (Å²) < 4.78 is 0. The summed E-state index contributed by atoms with van der Waals surface area (Å²) in [5.74, 6) is -3.29. The molecular formula is C21H15NO6. The minimum Gasteiger partial charge on any atom is -0.478 e. The molecule has 7 heteroatoms.